The summed E-state index contributed by atoms with van der Waals surface area (Å²) in [6.07, 6.45) is 0. The molecule has 0 bridgehead atoms. The number of furan rings is 1. The summed E-state index contributed by atoms with van der Waals surface area (Å²) >= 11 is 0. The minimum atomic E-state index is -0.126. The van der Waals surface area contributed by atoms with E-state index in [9.17, 15) is 4.79 Å². The van der Waals surface area contributed by atoms with E-state index in [0.29, 0.717) is 12.2 Å². The summed E-state index contributed by atoms with van der Waals surface area (Å²) in [5.41, 5.74) is 3.15. The molecule has 0 N–H and O–H groups in total. The van der Waals surface area contributed by atoms with Gasteiger partial charge in [0.1, 0.15) is 18.1 Å². The van der Waals surface area contributed by atoms with Crippen LogP contribution in [0.5, 0.6) is 5.75 Å². The van der Waals surface area contributed by atoms with Crippen LogP contribution in [-0.2, 0) is 13.7 Å². The number of hydrogen-bond donors (Lipinski definition) is 0. The number of fused-ring (bicyclic) bond motifs is 3. The topological polar surface area (TPSA) is 44.4 Å². The van der Waals surface area contributed by atoms with Crippen molar-refractivity contribution in [3.63, 3.8) is 0 Å². The van der Waals surface area contributed by atoms with Crippen molar-refractivity contribution in [3.8, 4) is 5.75 Å². The first-order chi connectivity index (χ1) is 12.1. The maximum Gasteiger partial charge on any atom is 0.294 e. The minimum absolute atomic E-state index is 0.126. The molecule has 0 aliphatic carbocycles. The van der Waals surface area contributed by atoms with Crippen LogP contribution in [0.3, 0.4) is 0 Å². The number of nitrogens with zero attached hydrogens (tertiary/aromatic N) is 1. The first kappa shape index (κ1) is 15.5. The number of benzene rings is 2. The predicted molar refractivity (Wildman–Crippen MR) is 99.2 cm³/mol. The van der Waals surface area contributed by atoms with Gasteiger partial charge in [-0.15, -0.1) is 0 Å². The molecule has 0 spiro atoms. The summed E-state index contributed by atoms with van der Waals surface area (Å²) in [5, 5.41) is 1.85. The van der Waals surface area contributed by atoms with Gasteiger partial charge in [-0.3, -0.25) is 4.79 Å². The first-order valence-electron chi connectivity index (χ1n) is 8.26. The van der Waals surface area contributed by atoms with E-state index in [1.165, 1.54) is 0 Å². The van der Waals surface area contributed by atoms with E-state index in [1.807, 2.05) is 62.4 Å². The number of aryl methyl sites for hydroxylation is 3. The zero-order chi connectivity index (χ0) is 17.6. The highest BCUT2D eigenvalue weighted by molar-refractivity contribution is 6.06. The van der Waals surface area contributed by atoms with E-state index in [2.05, 4.69) is 0 Å². The Balaban J connectivity index is 1.91. The van der Waals surface area contributed by atoms with E-state index in [-0.39, 0.29) is 5.56 Å². The minimum Gasteiger partial charge on any atom is -0.488 e. The Hall–Kier alpha value is -3.01. The number of para-hydroxylation sites is 2. The third kappa shape index (κ3) is 2.41. The molecule has 0 saturated carbocycles. The van der Waals surface area contributed by atoms with Gasteiger partial charge in [0.25, 0.3) is 5.56 Å². The molecule has 0 aliphatic heterocycles. The maximum absolute atomic E-state index is 12.7. The molecule has 4 aromatic rings. The Labute approximate surface area is 145 Å². The third-order valence-electron chi connectivity index (χ3n) is 4.71. The Morgan fingerprint density at radius 3 is 2.56 bits per heavy atom. The van der Waals surface area contributed by atoms with Gasteiger partial charge in [-0.05, 0) is 31.5 Å². The quantitative estimate of drug-likeness (QED) is 0.555. The van der Waals surface area contributed by atoms with Crippen LogP contribution in [-0.4, -0.2) is 4.57 Å². The molecule has 4 heteroatoms. The smallest absolute Gasteiger partial charge is 0.294 e. The van der Waals surface area contributed by atoms with Crippen LogP contribution in [0.25, 0.3) is 21.9 Å². The van der Waals surface area contributed by atoms with E-state index in [4.69, 9.17) is 9.15 Å². The zero-order valence-electron chi connectivity index (χ0n) is 14.5. The third-order valence-corrected chi connectivity index (χ3v) is 4.71. The van der Waals surface area contributed by atoms with Crippen molar-refractivity contribution >= 4 is 21.9 Å². The molecule has 0 saturated heterocycles. The van der Waals surface area contributed by atoms with Crippen LogP contribution in [0.1, 0.15) is 16.9 Å². The van der Waals surface area contributed by atoms with E-state index < -0.39 is 0 Å². The number of ether oxygens (including phenoxy) is 1. The molecule has 2 aromatic carbocycles. The molecule has 126 valence electrons. The van der Waals surface area contributed by atoms with Crippen LogP contribution < -0.4 is 10.3 Å². The lowest BCUT2D eigenvalue weighted by Gasteiger charge is -2.10. The largest absolute Gasteiger partial charge is 0.488 e. The summed E-state index contributed by atoms with van der Waals surface area (Å²) in [6.45, 7) is 4.26. The van der Waals surface area contributed by atoms with Gasteiger partial charge in [0.05, 0.1) is 5.52 Å². The normalized spacial score (nSPS) is 11.3. The zero-order valence-corrected chi connectivity index (χ0v) is 14.5. The SMILES string of the molecule is Cc1ccccc1OCc1c(C)oc2c(=O)n(C)c3ccccc3c12. The van der Waals surface area contributed by atoms with Crippen LogP contribution in [0.15, 0.2) is 57.7 Å². The standard InChI is InChI=1S/C21H19NO3/c1-13-8-4-7-11-18(13)24-12-16-14(2)25-20-19(16)15-9-5-6-10-17(15)22(3)21(20)23/h4-11H,12H2,1-3H3. The van der Waals surface area contributed by atoms with Crippen molar-refractivity contribution in [2.45, 2.75) is 20.5 Å². The number of aromatic nitrogens is 1. The van der Waals surface area contributed by atoms with Gasteiger partial charge in [0.15, 0.2) is 5.58 Å². The maximum atomic E-state index is 12.7. The fourth-order valence-corrected chi connectivity index (χ4v) is 3.30. The van der Waals surface area contributed by atoms with Gasteiger partial charge in [0.2, 0.25) is 0 Å². The van der Waals surface area contributed by atoms with Crippen molar-refractivity contribution in [1.82, 2.24) is 4.57 Å². The van der Waals surface area contributed by atoms with Gasteiger partial charge in [-0.1, -0.05) is 36.4 Å². The molecule has 0 fully saturated rings. The van der Waals surface area contributed by atoms with Crippen molar-refractivity contribution in [3.05, 3.63) is 75.8 Å². The Kier molecular flexibility index (Phi) is 3.61. The molecule has 2 aromatic heterocycles. The van der Waals surface area contributed by atoms with Gasteiger partial charge in [-0.2, -0.15) is 0 Å². The van der Waals surface area contributed by atoms with Crippen LogP contribution in [0.4, 0.5) is 0 Å². The second-order valence-corrected chi connectivity index (χ2v) is 6.28. The van der Waals surface area contributed by atoms with E-state index in [1.54, 1.807) is 11.6 Å². The second kappa shape index (κ2) is 5.81. The van der Waals surface area contributed by atoms with E-state index >= 15 is 0 Å². The fourth-order valence-electron chi connectivity index (χ4n) is 3.30. The summed E-state index contributed by atoms with van der Waals surface area (Å²) in [4.78, 5) is 12.7. The molecule has 0 atom stereocenters. The average Bonchev–Trinajstić information content (AvgIpc) is 2.96. The molecular formula is C21H19NO3. The highest BCUT2D eigenvalue weighted by Crippen LogP contribution is 2.31. The van der Waals surface area contributed by atoms with Crippen LogP contribution in [0, 0.1) is 13.8 Å². The molecular weight excluding hydrogens is 314 g/mol. The lowest BCUT2D eigenvalue weighted by atomic mass is 10.1. The number of hydrogen-bond acceptors (Lipinski definition) is 3. The second-order valence-electron chi connectivity index (χ2n) is 6.28. The van der Waals surface area contributed by atoms with Gasteiger partial charge in [0, 0.05) is 23.4 Å². The van der Waals surface area contributed by atoms with Gasteiger partial charge >= 0.3 is 0 Å². The Morgan fingerprint density at radius 1 is 1.04 bits per heavy atom. The highest BCUT2D eigenvalue weighted by Gasteiger charge is 2.19. The summed E-state index contributed by atoms with van der Waals surface area (Å²) in [7, 11) is 1.77. The predicted octanol–water partition coefficient (Wildman–Crippen LogP) is 4.48. The molecule has 2 heterocycles. The van der Waals surface area contributed by atoms with Gasteiger partial charge < -0.3 is 13.7 Å². The molecule has 4 rings (SSSR count). The van der Waals surface area contributed by atoms with Crippen molar-refractivity contribution in [2.24, 2.45) is 7.05 Å². The molecule has 0 amide bonds. The highest BCUT2D eigenvalue weighted by atomic mass is 16.5. The summed E-state index contributed by atoms with van der Waals surface area (Å²) < 4.78 is 13.5. The van der Waals surface area contributed by atoms with Crippen LogP contribution >= 0.6 is 0 Å². The van der Waals surface area contributed by atoms with Crippen molar-refractivity contribution in [2.75, 3.05) is 0 Å². The molecule has 25 heavy (non-hydrogen) atoms. The molecule has 0 radical (unpaired) electrons. The Morgan fingerprint density at radius 2 is 1.76 bits per heavy atom. The molecule has 0 aliphatic rings. The molecule has 0 unspecified atom stereocenters. The number of rotatable bonds is 3. The Bertz CT molecular complexity index is 1150. The summed E-state index contributed by atoms with van der Waals surface area (Å²) in [6, 6.07) is 15.8. The first-order valence-corrected chi connectivity index (χ1v) is 8.26. The number of pyridine rings is 1. The van der Waals surface area contributed by atoms with Crippen LogP contribution in [0.2, 0.25) is 0 Å². The molecule has 4 nitrogen and oxygen atoms in total. The summed E-state index contributed by atoms with van der Waals surface area (Å²) in [5.74, 6) is 1.56. The monoisotopic (exact) mass is 333 g/mol. The lowest BCUT2D eigenvalue weighted by molar-refractivity contribution is 0.302. The fraction of sp³-hybridized carbons (Fsp3) is 0.190. The van der Waals surface area contributed by atoms with Crippen molar-refractivity contribution < 1.29 is 9.15 Å². The van der Waals surface area contributed by atoms with Gasteiger partial charge in [-0.25, -0.2) is 0 Å². The lowest BCUT2D eigenvalue weighted by Crippen LogP contribution is -2.16. The average molecular weight is 333 g/mol. The van der Waals surface area contributed by atoms with Crippen molar-refractivity contribution in [1.29, 1.82) is 0 Å². The van der Waals surface area contributed by atoms with E-state index in [0.717, 1.165) is 38.9 Å².